The molecule has 0 fully saturated rings. The van der Waals surface area contributed by atoms with Crippen molar-refractivity contribution in [3.8, 4) is 11.3 Å². The van der Waals surface area contributed by atoms with Crippen LogP contribution in [0.15, 0.2) is 53.9 Å². The summed E-state index contributed by atoms with van der Waals surface area (Å²) in [5.74, 6) is -1.48. The second-order valence-corrected chi connectivity index (χ2v) is 7.98. The first-order valence-corrected chi connectivity index (χ1v) is 10.7. The quantitative estimate of drug-likeness (QED) is 0.527. The number of hydrogen-bond acceptors (Lipinski definition) is 5. The highest BCUT2D eigenvalue weighted by Gasteiger charge is 2.16. The monoisotopic (exact) mass is 443 g/mol. The van der Waals surface area contributed by atoms with E-state index in [0.717, 1.165) is 28.5 Å². The highest BCUT2D eigenvalue weighted by atomic mass is 35.5. The molecule has 30 heavy (non-hydrogen) atoms. The standard InChI is InChI=1S/C22H22ClN3O3S/c1-3-26(22-25-19(13-30-22)17-6-4-5-7-18(17)23)12-15-8-10-16(11-9-15)20(27)24-14(2)21(28)29/h4-11,13-14H,3,12H2,1-2H3,(H,24,27)(H,28,29). The minimum absolute atomic E-state index is 0.409. The first kappa shape index (κ1) is 21.8. The Balaban J connectivity index is 1.70. The Hall–Kier alpha value is -2.90. The van der Waals surface area contributed by atoms with Crippen LogP contribution in [0.3, 0.4) is 0 Å². The average molecular weight is 444 g/mol. The van der Waals surface area contributed by atoms with Crippen LogP contribution in [0.1, 0.15) is 29.8 Å². The number of anilines is 1. The Morgan fingerprint density at radius 3 is 2.53 bits per heavy atom. The van der Waals surface area contributed by atoms with Crippen LogP contribution in [0, 0.1) is 0 Å². The third-order valence-electron chi connectivity index (χ3n) is 4.60. The van der Waals surface area contributed by atoms with Gasteiger partial charge >= 0.3 is 5.97 Å². The predicted molar refractivity (Wildman–Crippen MR) is 120 cm³/mol. The van der Waals surface area contributed by atoms with Gasteiger partial charge in [0.05, 0.1) is 5.69 Å². The van der Waals surface area contributed by atoms with Crippen LogP contribution in [-0.4, -0.2) is 34.6 Å². The topological polar surface area (TPSA) is 82.5 Å². The van der Waals surface area contributed by atoms with E-state index in [0.29, 0.717) is 17.1 Å². The highest BCUT2D eigenvalue weighted by molar-refractivity contribution is 7.14. The van der Waals surface area contributed by atoms with Crippen LogP contribution in [0.4, 0.5) is 5.13 Å². The molecule has 0 radical (unpaired) electrons. The molecule has 2 N–H and O–H groups in total. The fraction of sp³-hybridized carbons (Fsp3) is 0.227. The fourth-order valence-corrected chi connectivity index (χ4v) is 3.96. The average Bonchev–Trinajstić information content (AvgIpc) is 3.22. The molecule has 1 heterocycles. The molecule has 0 saturated carbocycles. The zero-order valence-corrected chi connectivity index (χ0v) is 18.2. The van der Waals surface area contributed by atoms with Crippen LogP contribution in [0.5, 0.6) is 0 Å². The number of rotatable bonds is 8. The molecule has 0 spiro atoms. The first-order chi connectivity index (χ1) is 14.4. The van der Waals surface area contributed by atoms with Gasteiger partial charge in [-0.3, -0.25) is 9.59 Å². The number of carboxylic acid groups (broad SMARTS) is 1. The zero-order valence-electron chi connectivity index (χ0n) is 16.6. The minimum atomic E-state index is -1.07. The summed E-state index contributed by atoms with van der Waals surface area (Å²) < 4.78 is 0. The Bertz CT molecular complexity index is 1040. The number of halogens is 1. The number of benzene rings is 2. The maximum atomic E-state index is 12.1. The van der Waals surface area contributed by atoms with Gasteiger partial charge in [-0.05, 0) is 37.6 Å². The highest BCUT2D eigenvalue weighted by Crippen LogP contribution is 2.32. The van der Waals surface area contributed by atoms with Gasteiger partial charge < -0.3 is 15.3 Å². The van der Waals surface area contributed by atoms with Gasteiger partial charge in [-0.2, -0.15) is 0 Å². The van der Waals surface area contributed by atoms with E-state index >= 15 is 0 Å². The Morgan fingerprint density at radius 2 is 1.90 bits per heavy atom. The summed E-state index contributed by atoms with van der Waals surface area (Å²) in [5.41, 5.74) is 3.20. The predicted octanol–water partition coefficient (Wildman–Crippen LogP) is 4.69. The van der Waals surface area contributed by atoms with Gasteiger partial charge in [0.15, 0.2) is 5.13 Å². The van der Waals surface area contributed by atoms with Gasteiger partial charge in [0.1, 0.15) is 6.04 Å². The van der Waals surface area contributed by atoms with Crippen molar-refractivity contribution >= 4 is 39.9 Å². The number of nitrogens with zero attached hydrogens (tertiary/aromatic N) is 2. The summed E-state index contributed by atoms with van der Waals surface area (Å²) in [6.07, 6.45) is 0. The fourth-order valence-electron chi connectivity index (χ4n) is 2.84. The molecule has 0 bridgehead atoms. The number of aliphatic carboxylic acids is 1. The van der Waals surface area contributed by atoms with Crippen molar-refractivity contribution in [3.05, 3.63) is 70.1 Å². The second kappa shape index (κ2) is 9.73. The van der Waals surface area contributed by atoms with E-state index < -0.39 is 17.9 Å². The lowest BCUT2D eigenvalue weighted by atomic mass is 10.1. The van der Waals surface area contributed by atoms with E-state index in [1.165, 1.54) is 6.92 Å². The zero-order chi connectivity index (χ0) is 21.7. The smallest absolute Gasteiger partial charge is 0.325 e. The Morgan fingerprint density at radius 1 is 1.20 bits per heavy atom. The van der Waals surface area contributed by atoms with Gasteiger partial charge in [0.2, 0.25) is 0 Å². The summed E-state index contributed by atoms with van der Waals surface area (Å²) in [5, 5.41) is 14.9. The molecule has 3 rings (SSSR count). The van der Waals surface area contributed by atoms with E-state index in [-0.39, 0.29) is 0 Å². The van der Waals surface area contributed by atoms with E-state index in [1.54, 1.807) is 23.5 Å². The molecule has 0 aliphatic rings. The lowest BCUT2D eigenvalue weighted by Gasteiger charge is -2.20. The molecular weight excluding hydrogens is 422 g/mol. The van der Waals surface area contributed by atoms with Crippen molar-refractivity contribution in [2.75, 3.05) is 11.4 Å². The minimum Gasteiger partial charge on any atom is -0.480 e. The third kappa shape index (κ3) is 5.17. The van der Waals surface area contributed by atoms with Crippen molar-refractivity contribution in [3.63, 3.8) is 0 Å². The number of carbonyl (C=O) groups is 2. The lowest BCUT2D eigenvalue weighted by molar-refractivity contribution is -0.138. The summed E-state index contributed by atoms with van der Waals surface area (Å²) in [6, 6.07) is 13.8. The van der Waals surface area contributed by atoms with Gasteiger partial charge in [0.25, 0.3) is 5.91 Å². The molecule has 156 valence electrons. The van der Waals surface area contributed by atoms with Crippen LogP contribution in [-0.2, 0) is 11.3 Å². The summed E-state index contributed by atoms with van der Waals surface area (Å²) in [7, 11) is 0. The molecule has 1 aromatic heterocycles. The molecule has 2 aromatic carbocycles. The molecule has 8 heteroatoms. The van der Waals surface area contributed by atoms with Crippen molar-refractivity contribution in [1.29, 1.82) is 0 Å². The molecule has 1 amide bonds. The van der Waals surface area contributed by atoms with Gasteiger partial charge in [-0.25, -0.2) is 4.98 Å². The van der Waals surface area contributed by atoms with Gasteiger partial charge in [-0.1, -0.05) is 41.9 Å². The normalized spacial score (nSPS) is 11.7. The number of carbonyl (C=O) groups excluding carboxylic acids is 1. The van der Waals surface area contributed by atoms with Gasteiger partial charge in [-0.15, -0.1) is 11.3 Å². The van der Waals surface area contributed by atoms with E-state index in [4.69, 9.17) is 21.7 Å². The number of nitrogens with one attached hydrogen (secondary N) is 1. The Labute approximate surface area is 184 Å². The largest absolute Gasteiger partial charge is 0.480 e. The van der Waals surface area contributed by atoms with Crippen LogP contribution in [0.2, 0.25) is 5.02 Å². The van der Waals surface area contributed by atoms with Crippen molar-refractivity contribution in [1.82, 2.24) is 10.3 Å². The maximum absolute atomic E-state index is 12.1. The second-order valence-electron chi connectivity index (χ2n) is 6.74. The number of carboxylic acids is 1. The summed E-state index contributed by atoms with van der Waals surface area (Å²) in [6.45, 7) is 4.90. The molecule has 0 aliphatic carbocycles. The van der Waals surface area contributed by atoms with E-state index in [2.05, 4.69) is 17.1 Å². The molecule has 0 saturated heterocycles. The maximum Gasteiger partial charge on any atom is 0.325 e. The van der Waals surface area contributed by atoms with Gasteiger partial charge in [0, 0.05) is 34.6 Å². The molecular formula is C22H22ClN3O3S. The van der Waals surface area contributed by atoms with Crippen molar-refractivity contribution in [2.45, 2.75) is 26.4 Å². The number of hydrogen-bond donors (Lipinski definition) is 2. The number of aromatic nitrogens is 1. The van der Waals surface area contributed by atoms with Crippen LogP contribution < -0.4 is 10.2 Å². The van der Waals surface area contributed by atoms with Crippen molar-refractivity contribution in [2.24, 2.45) is 0 Å². The van der Waals surface area contributed by atoms with Crippen LogP contribution in [0.25, 0.3) is 11.3 Å². The van der Waals surface area contributed by atoms with Crippen molar-refractivity contribution < 1.29 is 14.7 Å². The molecule has 0 aliphatic heterocycles. The summed E-state index contributed by atoms with van der Waals surface area (Å²) in [4.78, 5) is 29.9. The molecule has 6 nitrogen and oxygen atoms in total. The SMILES string of the molecule is CCN(Cc1ccc(C(=O)NC(C)C(=O)O)cc1)c1nc(-c2ccccc2Cl)cs1. The third-order valence-corrected chi connectivity index (χ3v) is 5.83. The number of amides is 1. The van der Waals surface area contributed by atoms with E-state index in [9.17, 15) is 9.59 Å². The van der Waals surface area contributed by atoms with E-state index in [1.807, 2.05) is 41.8 Å². The molecule has 1 unspecified atom stereocenters. The first-order valence-electron chi connectivity index (χ1n) is 9.47. The van der Waals surface area contributed by atoms with Crippen LogP contribution >= 0.6 is 22.9 Å². The molecule has 3 aromatic rings. The summed E-state index contributed by atoms with van der Waals surface area (Å²) >= 11 is 7.85. The molecule has 1 atom stereocenters. The Kier molecular flexibility index (Phi) is 7.07. The lowest BCUT2D eigenvalue weighted by Crippen LogP contribution is -2.38. The number of thiazole rings is 1.